The Kier molecular flexibility index (Phi) is 8.19. The van der Waals surface area contributed by atoms with Crippen molar-refractivity contribution in [2.75, 3.05) is 4.90 Å². The van der Waals surface area contributed by atoms with Crippen LogP contribution >= 0.6 is 0 Å². The van der Waals surface area contributed by atoms with Gasteiger partial charge in [-0.05, 0) is 104 Å². The van der Waals surface area contributed by atoms with E-state index in [9.17, 15) is 0 Å². The molecule has 2 heteroatoms. The van der Waals surface area contributed by atoms with Gasteiger partial charge in [-0.2, -0.15) is 0 Å². The molecule has 0 aliphatic carbocycles. The van der Waals surface area contributed by atoms with Crippen LogP contribution in [-0.4, -0.2) is 4.57 Å². The van der Waals surface area contributed by atoms with Crippen LogP contribution in [0.3, 0.4) is 0 Å². The van der Waals surface area contributed by atoms with Crippen LogP contribution in [0.1, 0.15) is 0 Å². The van der Waals surface area contributed by atoms with E-state index in [1.807, 2.05) is 0 Å². The number of fused-ring (bicyclic) bond motifs is 6. The molecular weight excluding hydrogens is 701 g/mol. The number of benzene rings is 10. The molecule has 58 heavy (non-hydrogen) atoms. The summed E-state index contributed by atoms with van der Waals surface area (Å²) in [5.41, 5.74) is 13.9. The summed E-state index contributed by atoms with van der Waals surface area (Å²) in [4.78, 5) is 2.43. The summed E-state index contributed by atoms with van der Waals surface area (Å²) < 4.78 is 2.38. The van der Waals surface area contributed by atoms with Gasteiger partial charge in [-0.3, -0.25) is 0 Å². The Morgan fingerprint density at radius 2 is 0.828 bits per heavy atom. The molecule has 0 spiro atoms. The molecule has 0 bridgehead atoms. The molecule has 10 aromatic carbocycles. The van der Waals surface area contributed by atoms with Crippen LogP contribution in [0.25, 0.3) is 82.4 Å². The van der Waals surface area contributed by atoms with Crippen molar-refractivity contribution in [1.82, 2.24) is 4.57 Å². The predicted molar refractivity (Wildman–Crippen MR) is 247 cm³/mol. The molecule has 0 amide bonds. The molecule has 0 unspecified atom stereocenters. The van der Waals surface area contributed by atoms with Crippen LogP contribution in [0.4, 0.5) is 17.1 Å². The van der Waals surface area contributed by atoms with E-state index in [2.05, 4.69) is 240 Å². The lowest BCUT2D eigenvalue weighted by Gasteiger charge is -2.29. The predicted octanol–water partition coefficient (Wildman–Crippen LogP) is 15.6. The molecule has 0 fully saturated rings. The van der Waals surface area contributed by atoms with Gasteiger partial charge < -0.3 is 9.47 Å². The van der Waals surface area contributed by atoms with E-state index in [1.54, 1.807) is 0 Å². The number of hydrogen-bond acceptors (Lipinski definition) is 1. The van der Waals surface area contributed by atoms with Crippen molar-refractivity contribution in [3.63, 3.8) is 0 Å². The average molecular weight is 739 g/mol. The van der Waals surface area contributed by atoms with Gasteiger partial charge in [0.2, 0.25) is 0 Å². The highest BCUT2D eigenvalue weighted by Gasteiger charge is 2.20. The third-order valence-electron chi connectivity index (χ3n) is 11.6. The third-order valence-corrected chi connectivity index (χ3v) is 11.6. The number of anilines is 3. The molecule has 1 heterocycles. The Morgan fingerprint density at radius 3 is 1.52 bits per heavy atom. The van der Waals surface area contributed by atoms with Crippen LogP contribution in [0.2, 0.25) is 0 Å². The Bertz CT molecular complexity index is 3200. The maximum Gasteiger partial charge on any atom is 0.0546 e. The molecule has 0 radical (unpaired) electrons. The van der Waals surface area contributed by atoms with E-state index in [4.69, 9.17) is 0 Å². The normalized spacial score (nSPS) is 11.4. The van der Waals surface area contributed by atoms with Gasteiger partial charge in [0.15, 0.2) is 0 Å². The topological polar surface area (TPSA) is 8.17 Å². The van der Waals surface area contributed by atoms with Gasteiger partial charge >= 0.3 is 0 Å². The van der Waals surface area contributed by atoms with E-state index in [1.165, 1.54) is 71.2 Å². The first kappa shape index (κ1) is 33.6. The highest BCUT2D eigenvalue weighted by molar-refractivity contribution is 6.12. The third kappa shape index (κ3) is 5.74. The van der Waals surface area contributed by atoms with E-state index in [-0.39, 0.29) is 0 Å². The summed E-state index contributed by atoms with van der Waals surface area (Å²) >= 11 is 0. The summed E-state index contributed by atoms with van der Waals surface area (Å²) in [6, 6.07) is 83.7. The highest BCUT2D eigenvalue weighted by Crippen LogP contribution is 2.45. The van der Waals surface area contributed by atoms with Gasteiger partial charge in [0.05, 0.1) is 16.7 Å². The lowest BCUT2D eigenvalue weighted by molar-refractivity contribution is 1.17. The van der Waals surface area contributed by atoms with Gasteiger partial charge in [0, 0.05) is 33.4 Å². The van der Waals surface area contributed by atoms with Crippen molar-refractivity contribution in [3.05, 3.63) is 231 Å². The molecule has 2 nitrogen and oxygen atoms in total. The highest BCUT2D eigenvalue weighted by atomic mass is 15.1. The van der Waals surface area contributed by atoms with Gasteiger partial charge in [0.1, 0.15) is 0 Å². The van der Waals surface area contributed by atoms with E-state index in [0.717, 1.165) is 28.3 Å². The number of para-hydroxylation sites is 2. The molecule has 0 aliphatic rings. The van der Waals surface area contributed by atoms with E-state index >= 15 is 0 Å². The Labute approximate surface area is 338 Å². The summed E-state index contributed by atoms with van der Waals surface area (Å²) in [6.07, 6.45) is 0. The van der Waals surface area contributed by atoms with Crippen molar-refractivity contribution in [2.24, 2.45) is 0 Å². The monoisotopic (exact) mass is 738 g/mol. The molecule has 0 saturated carbocycles. The second-order valence-electron chi connectivity index (χ2n) is 14.9. The molecule has 0 saturated heterocycles. The summed E-state index contributed by atoms with van der Waals surface area (Å²) in [7, 11) is 0. The minimum absolute atomic E-state index is 1.08. The maximum absolute atomic E-state index is 2.43. The molecule has 1 aromatic heterocycles. The Balaban J connectivity index is 1.12. The first-order chi connectivity index (χ1) is 28.8. The molecule has 272 valence electrons. The van der Waals surface area contributed by atoms with Crippen molar-refractivity contribution >= 4 is 60.4 Å². The molecule has 0 aliphatic heterocycles. The first-order valence-electron chi connectivity index (χ1n) is 19.9. The number of hydrogen-bond donors (Lipinski definition) is 0. The van der Waals surface area contributed by atoms with Crippen molar-refractivity contribution in [2.45, 2.75) is 0 Å². The van der Waals surface area contributed by atoms with Crippen LogP contribution in [0.5, 0.6) is 0 Å². The van der Waals surface area contributed by atoms with Gasteiger partial charge in [-0.1, -0.05) is 176 Å². The van der Waals surface area contributed by atoms with Crippen LogP contribution in [0, 0.1) is 0 Å². The number of aromatic nitrogens is 1. The zero-order valence-corrected chi connectivity index (χ0v) is 31.8. The van der Waals surface area contributed by atoms with Crippen LogP contribution in [0.15, 0.2) is 231 Å². The van der Waals surface area contributed by atoms with Gasteiger partial charge in [-0.25, -0.2) is 0 Å². The molecule has 0 atom stereocenters. The lowest BCUT2D eigenvalue weighted by atomic mass is 9.92. The molecule has 0 N–H and O–H groups in total. The summed E-state index contributed by atoms with van der Waals surface area (Å²) in [6.45, 7) is 0. The summed E-state index contributed by atoms with van der Waals surface area (Å²) in [5.74, 6) is 0. The second-order valence-corrected chi connectivity index (χ2v) is 14.9. The lowest BCUT2D eigenvalue weighted by Crippen LogP contribution is -2.11. The zero-order chi connectivity index (χ0) is 38.4. The first-order valence-corrected chi connectivity index (χ1v) is 19.9. The molecule has 11 aromatic rings. The fourth-order valence-corrected chi connectivity index (χ4v) is 8.85. The minimum atomic E-state index is 1.08. The number of nitrogens with zero attached hydrogens (tertiary/aromatic N) is 2. The minimum Gasteiger partial charge on any atom is -0.310 e. The SMILES string of the molecule is c1ccc(-c2ccc(N(c3ccc(-n4c5ccccc5c5ccccc54)cc3)c3cc(-c4cccc5c4ccc4ccccc45)ccc3-c3ccccc3)cc2)cc1. The Morgan fingerprint density at radius 1 is 0.293 bits per heavy atom. The van der Waals surface area contributed by atoms with Gasteiger partial charge in [-0.15, -0.1) is 0 Å². The number of rotatable bonds is 7. The second kappa shape index (κ2) is 14.1. The van der Waals surface area contributed by atoms with E-state index < -0.39 is 0 Å². The smallest absolute Gasteiger partial charge is 0.0546 e. The van der Waals surface area contributed by atoms with Crippen molar-refractivity contribution in [1.29, 1.82) is 0 Å². The van der Waals surface area contributed by atoms with Gasteiger partial charge in [0.25, 0.3) is 0 Å². The molecule has 11 rings (SSSR count). The molecular formula is C56H38N2. The van der Waals surface area contributed by atoms with Crippen molar-refractivity contribution in [3.8, 4) is 39.1 Å². The van der Waals surface area contributed by atoms with Crippen LogP contribution in [-0.2, 0) is 0 Å². The van der Waals surface area contributed by atoms with E-state index in [0.29, 0.717) is 0 Å². The standard InChI is InChI=1S/C56H38N2/c1-3-14-39(15-4-1)40-26-30-44(31-27-40)57(45-32-34-46(35-33-45)58-54-24-11-9-20-52(54)53-21-10-12-25-55(53)58)56-38-43(29-36-49(56)41-16-5-2-6-17-41)48-22-13-23-50-47-19-8-7-18-42(47)28-37-51(48)50/h1-38H. The Hall–Kier alpha value is -7.68. The van der Waals surface area contributed by atoms with Crippen molar-refractivity contribution < 1.29 is 0 Å². The quantitative estimate of drug-likeness (QED) is 0.148. The average Bonchev–Trinajstić information content (AvgIpc) is 3.64. The fourth-order valence-electron chi connectivity index (χ4n) is 8.85. The summed E-state index contributed by atoms with van der Waals surface area (Å²) in [5, 5.41) is 7.54. The zero-order valence-electron chi connectivity index (χ0n) is 31.8. The van der Waals surface area contributed by atoms with Crippen LogP contribution < -0.4 is 4.90 Å². The fraction of sp³-hybridized carbons (Fsp3) is 0. The largest absolute Gasteiger partial charge is 0.310 e. The maximum atomic E-state index is 2.43.